The first kappa shape index (κ1) is 65.3. The van der Waals surface area contributed by atoms with E-state index in [1.165, 1.54) is 44.6 Å². The third kappa shape index (κ3) is 32.3. The molecule has 21 heteroatoms. The topological polar surface area (TPSA) is 286 Å². The number of ether oxygens (including phenoxy) is 3. The summed E-state index contributed by atoms with van der Waals surface area (Å²) in [6.45, 7) is 1.76. The van der Waals surface area contributed by atoms with Gasteiger partial charge in [0.1, 0.15) is 30.7 Å². The summed E-state index contributed by atoms with van der Waals surface area (Å²) in [6, 6.07) is 1.24. The van der Waals surface area contributed by atoms with Gasteiger partial charge in [-0.25, -0.2) is 13.9 Å². The molecule has 0 aromatic carbocycles. The highest BCUT2D eigenvalue weighted by Gasteiger charge is 2.46. The van der Waals surface area contributed by atoms with Crippen LogP contribution in [0.5, 0.6) is 0 Å². The molecule has 1 aromatic heterocycles. The van der Waals surface area contributed by atoms with E-state index in [2.05, 4.69) is 40.5 Å². The maximum absolute atomic E-state index is 12.9. The second-order valence-electron chi connectivity index (χ2n) is 17.8. The van der Waals surface area contributed by atoms with Gasteiger partial charge in [-0.2, -0.15) is 9.29 Å². The Morgan fingerprint density at radius 2 is 1.27 bits per heavy atom. The molecule has 0 bridgehead atoms. The smallest absolute Gasteiger partial charge is 0.462 e. The Balaban J connectivity index is 1.82. The van der Waals surface area contributed by atoms with E-state index in [4.69, 9.17) is 29.0 Å². The molecule has 0 saturated carbocycles. The third-order valence-corrected chi connectivity index (χ3v) is 14.0. The van der Waals surface area contributed by atoms with Crippen LogP contribution in [0.4, 0.5) is 5.82 Å². The van der Waals surface area contributed by atoms with Gasteiger partial charge >= 0.3 is 33.3 Å². The zero-order valence-corrected chi connectivity index (χ0v) is 44.8. The molecule has 1 saturated heterocycles. The molecule has 0 radical (unpaired) electrons. The average Bonchev–Trinajstić information content (AvgIpc) is 3.63. The number of hydrogen-bond acceptors (Lipinski definition) is 16. The van der Waals surface area contributed by atoms with Crippen LogP contribution in [0.15, 0.2) is 90.0 Å². The maximum atomic E-state index is 12.9. The van der Waals surface area contributed by atoms with Gasteiger partial charge < -0.3 is 45.1 Å². The quantitative estimate of drug-likeness (QED) is 0.0117. The van der Waals surface area contributed by atoms with Gasteiger partial charge in [0.2, 0.25) is 0 Å². The van der Waals surface area contributed by atoms with E-state index >= 15 is 0 Å². The van der Waals surface area contributed by atoms with Crippen LogP contribution in [0.3, 0.4) is 0 Å². The Kier molecular flexibility index (Phi) is 35.4. The molecule has 0 amide bonds. The number of aromatic nitrogens is 2. The predicted molar refractivity (Wildman–Crippen MR) is 281 cm³/mol. The van der Waals surface area contributed by atoms with Crippen molar-refractivity contribution >= 4 is 33.4 Å². The molecular weight excluding hydrogens is 985 g/mol. The van der Waals surface area contributed by atoms with Gasteiger partial charge in [-0.1, -0.05) is 151 Å². The summed E-state index contributed by atoms with van der Waals surface area (Å²) in [5.74, 6) is -1.40. The predicted octanol–water partition coefficient (Wildman–Crippen LogP) is 9.86. The Hall–Kier alpha value is -3.84. The molecule has 8 atom stereocenters. The molecule has 73 heavy (non-hydrogen) atoms. The minimum Gasteiger partial charge on any atom is -0.462 e. The molecule has 1 aliphatic rings. The molecule has 0 aliphatic carbocycles. The second kappa shape index (κ2) is 39.6. The molecular formula is C52H85N3O16P2. The highest BCUT2D eigenvalue weighted by molar-refractivity contribution is 7.61. The van der Waals surface area contributed by atoms with Crippen molar-refractivity contribution in [2.75, 3.05) is 25.6 Å². The normalized spacial score (nSPS) is 20.0. The number of anilines is 1. The number of rotatable bonds is 42. The molecule has 0 spiro atoms. The summed E-state index contributed by atoms with van der Waals surface area (Å²) in [7, 11) is -10.9. The van der Waals surface area contributed by atoms with Gasteiger partial charge in [-0.15, -0.1) is 0 Å². The van der Waals surface area contributed by atoms with E-state index in [9.17, 15) is 48.6 Å². The summed E-state index contributed by atoms with van der Waals surface area (Å²) in [4.78, 5) is 61.9. The molecule has 1 fully saturated rings. The fourth-order valence-corrected chi connectivity index (χ4v) is 9.35. The van der Waals surface area contributed by atoms with Gasteiger partial charge in [-0.05, 0) is 76.7 Å². The summed E-state index contributed by atoms with van der Waals surface area (Å²) >= 11 is 0. The molecule has 2 heterocycles. The lowest BCUT2D eigenvalue weighted by Gasteiger charge is -2.21. The molecule has 7 N–H and O–H groups in total. The summed E-state index contributed by atoms with van der Waals surface area (Å²) in [5, 5.41) is 30.4. The van der Waals surface area contributed by atoms with Gasteiger partial charge in [0.15, 0.2) is 12.3 Å². The SMILES string of the molecule is CCCCCCCC/C=C\CCCCCCCCCC(=O)OC[C@H](COP(=O)(O)OP(=O)(O)OC[C@H]1O[C@@H](n2ccc(N)nc2=O)[C@H](O)[C@@H]1O)OC(=O)CCC/C=C\C/C=C\C/C=C\C/C=C\C=C\[C@H](O)CC. The standard InChI is InChI=1S/C52H85N3O16P2/c1-3-5-6-7-8-9-10-11-12-13-14-18-21-24-27-30-33-36-47(57)66-40-44(69-48(58)37-34-31-28-25-22-19-16-15-17-20-23-26-29-32-35-43(56)4-2)41-67-72(62,63)71-73(64,65)68-42-45-49(59)50(60)51(70-45)55-39-38-46(53)54-52(55)61/h11-12,16-17,19-20,25-26,28-29,32,35,38-39,43-45,49-51,56,59-60H,3-10,13-15,18,21-24,27,30-31,33-34,36-37,40-42H2,1-2H3,(H,62,63)(H,64,65)(H2,53,54,61)/b12-11-,19-16-,20-17-,28-25-,29-26-,35-32+/t43-,44-,45-,49-,50-,51-/m1/s1. The molecule has 1 aromatic rings. The number of unbranched alkanes of at least 4 members (excludes halogenated alkanes) is 14. The van der Waals surface area contributed by atoms with Crippen molar-refractivity contribution in [3.8, 4) is 0 Å². The lowest BCUT2D eigenvalue weighted by Crippen LogP contribution is -2.36. The molecule has 414 valence electrons. The van der Waals surface area contributed by atoms with Crippen LogP contribution in [0.25, 0.3) is 0 Å². The van der Waals surface area contributed by atoms with Crippen LogP contribution >= 0.6 is 15.6 Å². The largest absolute Gasteiger partial charge is 0.481 e. The number of allylic oxidation sites excluding steroid dienone is 11. The first-order valence-electron chi connectivity index (χ1n) is 26.1. The summed E-state index contributed by atoms with van der Waals surface area (Å²) in [6.07, 6.45) is 37.9. The van der Waals surface area contributed by atoms with E-state index in [0.29, 0.717) is 32.1 Å². The van der Waals surface area contributed by atoms with Crippen LogP contribution in [0.1, 0.15) is 168 Å². The number of aliphatic hydroxyl groups excluding tert-OH is 3. The number of phosphoric ester groups is 2. The van der Waals surface area contributed by atoms with Crippen molar-refractivity contribution in [1.29, 1.82) is 0 Å². The zero-order chi connectivity index (χ0) is 53.6. The number of aliphatic hydroxyl groups is 3. The molecule has 1 aliphatic heterocycles. The Morgan fingerprint density at radius 1 is 0.726 bits per heavy atom. The number of carbonyl (C=O) groups is 2. The molecule has 2 rings (SSSR count). The first-order valence-corrected chi connectivity index (χ1v) is 29.0. The Bertz CT molecular complexity index is 2020. The van der Waals surface area contributed by atoms with Crippen LogP contribution in [0, 0.1) is 0 Å². The lowest BCUT2D eigenvalue weighted by molar-refractivity contribution is -0.161. The molecule has 2 unspecified atom stereocenters. The van der Waals surface area contributed by atoms with Crippen molar-refractivity contribution in [3.05, 3.63) is 95.7 Å². The van der Waals surface area contributed by atoms with Crippen molar-refractivity contribution in [2.24, 2.45) is 0 Å². The van der Waals surface area contributed by atoms with Crippen molar-refractivity contribution in [3.63, 3.8) is 0 Å². The van der Waals surface area contributed by atoms with Crippen LogP contribution in [0.2, 0.25) is 0 Å². The number of nitrogens with zero attached hydrogens (tertiary/aromatic N) is 2. The third-order valence-electron chi connectivity index (χ3n) is 11.4. The van der Waals surface area contributed by atoms with Crippen molar-refractivity contribution in [1.82, 2.24) is 9.55 Å². The zero-order valence-electron chi connectivity index (χ0n) is 43.0. The minimum absolute atomic E-state index is 0.0457. The summed E-state index contributed by atoms with van der Waals surface area (Å²) in [5.41, 5.74) is 4.58. The van der Waals surface area contributed by atoms with Crippen LogP contribution in [-0.4, -0.2) is 96.9 Å². The van der Waals surface area contributed by atoms with Gasteiger partial charge in [0, 0.05) is 19.0 Å². The van der Waals surface area contributed by atoms with Gasteiger partial charge in [-0.3, -0.25) is 23.2 Å². The lowest BCUT2D eigenvalue weighted by atomic mass is 10.1. The fraction of sp³-hybridized carbons (Fsp3) is 0.654. The number of esters is 2. The van der Waals surface area contributed by atoms with Crippen molar-refractivity contribution < 1.29 is 71.4 Å². The number of carbonyl (C=O) groups excluding carboxylic acids is 2. The van der Waals surface area contributed by atoms with E-state index in [1.807, 2.05) is 49.5 Å². The maximum Gasteiger partial charge on any atom is 0.481 e. The monoisotopic (exact) mass is 1070 g/mol. The molecule has 19 nitrogen and oxygen atoms in total. The van der Waals surface area contributed by atoms with E-state index in [0.717, 1.165) is 75.0 Å². The fourth-order valence-electron chi connectivity index (χ4n) is 7.24. The number of phosphoric acid groups is 2. The van der Waals surface area contributed by atoms with E-state index < -0.39 is 89.8 Å². The highest BCUT2D eigenvalue weighted by atomic mass is 31.3. The first-order chi connectivity index (χ1) is 35.1. The number of hydrogen-bond donors (Lipinski definition) is 6. The van der Waals surface area contributed by atoms with Crippen LogP contribution < -0.4 is 11.4 Å². The number of nitrogens with two attached hydrogens (primary N) is 1. The minimum atomic E-state index is -5.45. The highest BCUT2D eigenvalue weighted by Crippen LogP contribution is 2.60. The second-order valence-corrected chi connectivity index (χ2v) is 20.9. The van der Waals surface area contributed by atoms with E-state index in [1.54, 1.807) is 6.08 Å². The summed E-state index contributed by atoms with van der Waals surface area (Å²) < 4.78 is 56.7. The Morgan fingerprint density at radius 3 is 1.90 bits per heavy atom. The van der Waals surface area contributed by atoms with Gasteiger partial charge in [0.25, 0.3) is 0 Å². The van der Waals surface area contributed by atoms with Crippen molar-refractivity contribution in [2.45, 2.75) is 198 Å². The Labute approximate surface area is 432 Å². The number of nitrogen functional groups attached to an aromatic ring is 1. The average molecular weight is 1070 g/mol. The van der Waals surface area contributed by atoms with Crippen LogP contribution in [-0.2, 0) is 46.3 Å². The van der Waals surface area contributed by atoms with Gasteiger partial charge in [0.05, 0.1) is 19.3 Å². The van der Waals surface area contributed by atoms with E-state index in [-0.39, 0.29) is 18.7 Å².